The van der Waals surface area contributed by atoms with Crippen LogP contribution >= 0.6 is 0 Å². The van der Waals surface area contributed by atoms with Crippen LogP contribution in [0.25, 0.3) is 11.0 Å². The molecule has 0 aliphatic rings. The van der Waals surface area contributed by atoms with Gasteiger partial charge in [-0.2, -0.15) is 0 Å². The Bertz CT molecular complexity index is 713. The summed E-state index contributed by atoms with van der Waals surface area (Å²) >= 11 is 0. The molecule has 0 unspecified atom stereocenters. The summed E-state index contributed by atoms with van der Waals surface area (Å²) < 4.78 is 5.88. The van der Waals surface area contributed by atoms with Gasteiger partial charge in [-0.3, -0.25) is 0 Å². The molecule has 1 N–H and O–H groups in total. The van der Waals surface area contributed by atoms with Crippen molar-refractivity contribution in [3.05, 3.63) is 71.0 Å². The molecule has 2 heteroatoms. The highest BCUT2D eigenvalue weighted by atomic mass is 16.3. The Kier molecular flexibility index (Phi) is 3.57. The molecule has 0 spiro atoms. The zero-order chi connectivity index (χ0) is 13.9. The first kappa shape index (κ1) is 12.9. The minimum atomic E-state index is 0.772. The highest BCUT2D eigenvalue weighted by molar-refractivity contribution is 5.82. The van der Waals surface area contributed by atoms with Gasteiger partial charge in [-0.05, 0) is 49.2 Å². The summed E-state index contributed by atoms with van der Waals surface area (Å²) in [6.07, 6.45) is 0.961. The van der Waals surface area contributed by atoms with Crippen molar-refractivity contribution in [1.82, 2.24) is 5.32 Å². The minimum Gasteiger partial charge on any atom is -0.459 e. The maximum atomic E-state index is 5.88. The second kappa shape index (κ2) is 5.51. The maximum Gasteiger partial charge on any atom is 0.134 e. The van der Waals surface area contributed by atoms with Gasteiger partial charge in [-0.25, -0.2) is 0 Å². The quantitative estimate of drug-likeness (QED) is 0.770. The maximum absolute atomic E-state index is 5.88. The van der Waals surface area contributed by atoms with E-state index in [4.69, 9.17) is 4.42 Å². The lowest BCUT2D eigenvalue weighted by Crippen LogP contribution is -2.04. The fourth-order valence-corrected chi connectivity index (χ4v) is 2.59. The van der Waals surface area contributed by atoms with E-state index in [1.54, 1.807) is 0 Å². The van der Waals surface area contributed by atoms with Crippen LogP contribution in [0.15, 0.2) is 52.9 Å². The third-order valence-corrected chi connectivity index (χ3v) is 3.69. The van der Waals surface area contributed by atoms with Gasteiger partial charge in [0.25, 0.3) is 0 Å². The van der Waals surface area contributed by atoms with E-state index in [1.165, 1.54) is 22.1 Å². The van der Waals surface area contributed by atoms with E-state index in [0.717, 1.165) is 24.3 Å². The average Bonchev–Trinajstić information content (AvgIpc) is 2.77. The smallest absolute Gasteiger partial charge is 0.134 e. The number of rotatable bonds is 4. The van der Waals surface area contributed by atoms with Gasteiger partial charge in [0.1, 0.15) is 11.3 Å². The number of hydrogen-bond donors (Lipinski definition) is 1. The molecule has 0 fully saturated rings. The minimum absolute atomic E-state index is 0.772. The number of hydrogen-bond acceptors (Lipinski definition) is 2. The monoisotopic (exact) mass is 265 g/mol. The third kappa shape index (κ3) is 2.47. The highest BCUT2D eigenvalue weighted by Crippen LogP contribution is 2.27. The molecular formula is C18H19NO. The van der Waals surface area contributed by atoms with Crippen LogP contribution in [-0.4, -0.2) is 7.05 Å². The van der Waals surface area contributed by atoms with Crippen molar-refractivity contribution < 1.29 is 4.42 Å². The van der Waals surface area contributed by atoms with Crippen molar-refractivity contribution in [3.8, 4) is 0 Å². The van der Waals surface area contributed by atoms with Gasteiger partial charge < -0.3 is 9.73 Å². The molecule has 0 saturated heterocycles. The molecule has 0 amide bonds. The predicted octanol–water partition coefficient (Wildman–Crippen LogP) is 4.05. The number of fused-ring (bicyclic) bond motifs is 1. The summed E-state index contributed by atoms with van der Waals surface area (Å²) in [5.41, 5.74) is 4.88. The number of benzene rings is 2. The summed E-state index contributed by atoms with van der Waals surface area (Å²) in [4.78, 5) is 0. The Balaban J connectivity index is 1.96. The van der Waals surface area contributed by atoms with E-state index in [-0.39, 0.29) is 0 Å². The van der Waals surface area contributed by atoms with E-state index in [2.05, 4.69) is 60.8 Å². The zero-order valence-electron chi connectivity index (χ0n) is 11.9. The third-order valence-electron chi connectivity index (χ3n) is 3.69. The summed E-state index contributed by atoms with van der Waals surface area (Å²) in [7, 11) is 1.94. The highest BCUT2D eigenvalue weighted by Gasteiger charge is 2.10. The number of nitrogens with one attached hydrogen (secondary N) is 1. The molecule has 0 bridgehead atoms. The van der Waals surface area contributed by atoms with Crippen LogP contribution in [0.4, 0.5) is 0 Å². The first-order valence-corrected chi connectivity index (χ1v) is 6.97. The lowest BCUT2D eigenvalue weighted by atomic mass is 10.0. The largest absolute Gasteiger partial charge is 0.459 e. The second-order valence-electron chi connectivity index (χ2n) is 5.17. The molecule has 3 rings (SSSR count). The molecule has 3 aromatic rings. The van der Waals surface area contributed by atoms with Crippen molar-refractivity contribution in [3.63, 3.8) is 0 Å². The summed E-state index contributed by atoms with van der Waals surface area (Å²) in [6, 6.07) is 17.0. The van der Waals surface area contributed by atoms with Crippen molar-refractivity contribution in [2.24, 2.45) is 0 Å². The van der Waals surface area contributed by atoms with Gasteiger partial charge in [0.2, 0.25) is 0 Å². The van der Waals surface area contributed by atoms with Gasteiger partial charge in [0.15, 0.2) is 0 Å². The Labute approximate surface area is 119 Å². The molecule has 2 aromatic carbocycles. The first-order valence-electron chi connectivity index (χ1n) is 6.97. The fourth-order valence-electron chi connectivity index (χ4n) is 2.59. The Morgan fingerprint density at radius 3 is 2.55 bits per heavy atom. The SMILES string of the molecule is CNCc1oc2ccc(Cc3ccccc3)cc2c1C. The van der Waals surface area contributed by atoms with Gasteiger partial charge in [-0.15, -0.1) is 0 Å². The van der Waals surface area contributed by atoms with E-state index in [0.29, 0.717) is 0 Å². The van der Waals surface area contributed by atoms with Crippen LogP contribution < -0.4 is 5.32 Å². The van der Waals surface area contributed by atoms with E-state index < -0.39 is 0 Å². The van der Waals surface area contributed by atoms with Crippen LogP contribution in [0.2, 0.25) is 0 Å². The molecular weight excluding hydrogens is 246 g/mol. The molecule has 0 saturated carbocycles. The zero-order valence-corrected chi connectivity index (χ0v) is 11.9. The lowest BCUT2D eigenvalue weighted by molar-refractivity contribution is 0.527. The van der Waals surface area contributed by atoms with Crippen LogP contribution in [0.3, 0.4) is 0 Å². The Morgan fingerprint density at radius 2 is 1.80 bits per heavy atom. The lowest BCUT2D eigenvalue weighted by Gasteiger charge is -2.02. The molecule has 2 nitrogen and oxygen atoms in total. The molecule has 20 heavy (non-hydrogen) atoms. The van der Waals surface area contributed by atoms with Crippen LogP contribution in [-0.2, 0) is 13.0 Å². The van der Waals surface area contributed by atoms with E-state index in [9.17, 15) is 0 Å². The standard InChI is InChI=1S/C18H19NO/c1-13-16-11-15(10-14-6-4-3-5-7-14)8-9-17(16)20-18(13)12-19-2/h3-9,11,19H,10,12H2,1-2H3. The van der Waals surface area contributed by atoms with Gasteiger partial charge in [-0.1, -0.05) is 36.4 Å². The summed E-state index contributed by atoms with van der Waals surface area (Å²) in [5, 5.41) is 4.37. The second-order valence-corrected chi connectivity index (χ2v) is 5.17. The number of furan rings is 1. The summed E-state index contributed by atoms with van der Waals surface area (Å²) in [6.45, 7) is 2.90. The fraction of sp³-hybridized carbons (Fsp3) is 0.222. The first-order chi connectivity index (χ1) is 9.78. The van der Waals surface area contributed by atoms with Crippen LogP contribution in [0.1, 0.15) is 22.5 Å². The van der Waals surface area contributed by atoms with Crippen molar-refractivity contribution in [2.75, 3.05) is 7.05 Å². The number of aryl methyl sites for hydroxylation is 1. The van der Waals surface area contributed by atoms with Crippen molar-refractivity contribution in [2.45, 2.75) is 19.9 Å². The van der Waals surface area contributed by atoms with E-state index in [1.807, 2.05) is 7.05 Å². The van der Waals surface area contributed by atoms with Gasteiger partial charge >= 0.3 is 0 Å². The van der Waals surface area contributed by atoms with Crippen LogP contribution in [0, 0.1) is 6.92 Å². The molecule has 0 aliphatic heterocycles. The van der Waals surface area contributed by atoms with Crippen LogP contribution in [0.5, 0.6) is 0 Å². The van der Waals surface area contributed by atoms with E-state index >= 15 is 0 Å². The van der Waals surface area contributed by atoms with Gasteiger partial charge in [0.05, 0.1) is 6.54 Å². The molecule has 1 heterocycles. The average molecular weight is 265 g/mol. The Morgan fingerprint density at radius 1 is 1.00 bits per heavy atom. The topological polar surface area (TPSA) is 25.2 Å². The van der Waals surface area contributed by atoms with Gasteiger partial charge in [0, 0.05) is 5.39 Å². The van der Waals surface area contributed by atoms with Crippen molar-refractivity contribution in [1.29, 1.82) is 0 Å². The molecule has 1 aromatic heterocycles. The van der Waals surface area contributed by atoms with Crippen molar-refractivity contribution >= 4 is 11.0 Å². The Hall–Kier alpha value is -2.06. The molecule has 0 atom stereocenters. The molecule has 0 radical (unpaired) electrons. The predicted molar refractivity (Wildman–Crippen MR) is 83.0 cm³/mol. The molecule has 102 valence electrons. The normalized spacial score (nSPS) is 11.1. The molecule has 0 aliphatic carbocycles. The summed E-state index contributed by atoms with van der Waals surface area (Å²) in [5.74, 6) is 1.03.